The lowest BCUT2D eigenvalue weighted by Crippen LogP contribution is -2.26. The maximum absolute atomic E-state index is 12.0. The summed E-state index contributed by atoms with van der Waals surface area (Å²) in [6.45, 7) is 4.74. The standard InChI is InChI=1S/C21H23N3O2/c1-15-7-9-18(10-8-15)21-23-20(26-24-21)12-11-19(25)22-14-13-17-6-4-3-5-16(17)2/h3-10H,11-14H2,1-2H3,(H,22,25). The molecule has 0 bridgehead atoms. The minimum atomic E-state index is -0.00586. The Balaban J connectivity index is 1.45. The second-order valence-electron chi connectivity index (χ2n) is 6.40. The van der Waals surface area contributed by atoms with E-state index < -0.39 is 0 Å². The van der Waals surface area contributed by atoms with Gasteiger partial charge in [-0.05, 0) is 31.4 Å². The van der Waals surface area contributed by atoms with E-state index in [1.54, 1.807) is 0 Å². The highest BCUT2D eigenvalue weighted by atomic mass is 16.5. The Morgan fingerprint density at radius 3 is 2.58 bits per heavy atom. The second-order valence-corrected chi connectivity index (χ2v) is 6.40. The van der Waals surface area contributed by atoms with Crippen LogP contribution in [-0.2, 0) is 17.6 Å². The molecule has 0 aliphatic rings. The molecule has 134 valence electrons. The average Bonchev–Trinajstić information content (AvgIpc) is 3.11. The molecule has 5 heteroatoms. The molecule has 1 amide bonds. The maximum atomic E-state index is 12.0. The van der Waals surface area contributed by atoms with Crippen molar-refractivity contribution in [1.82, 2.24) is 15.5 Å². The Bertz CT molecular complexity index is 869. The summed E-state index contributed by atoms with van der Waals surface area (Å²) in [6, 6.07) is 16.1. The summed E-state index contributed by atoms with van der Waals surface area (Å²) in [7, 11) is 0. The number of aryl methyl sites for hydroxylation is 3. The van der Waals surface area contributed by atoms with Crippen LogP contribution in [0.2, 0.25) is 0 Å². The van der Waals surface area contributed by atoms with Crippen LogP contribution in [0.15, 0.2) is 53.1 Å². The van der Waals surface area contributed by atoms with Gasteiger partial charge in [-0.25, -0.2) is 0 Å². The fraction of sp³-hybridized carbons (Fsp3) is 0.286. The third-order valence-corrected chi connectivity index (χ3v) is 4.32. The van der Waals surface area contributed by atoms with Gasteiger partial charge in [-0.15, -0.1) is 0 Å². The number of carbonyl (C=O) groups excluding carboxylic acids is 1. The first kappa shape index (κ1) is 17.9. The molecule has 0 atom stereocenters. The first-order chi connectivity index (χ1) is 12.6. The van der Waals surface area contributed by atoms with E-state index in [1.807, 2.05) is 43.3 Å². The van der Waals surface area contributed by atoms with Crippen molar-refractivity contribution >= 4 is 5.91 Å². The number of aromatic nitrogens is 2. The Hall–Kier alpha value is -2.95. The topological polar surface area (TPSA) is 68.0 Å². The quantitative estimate of drug-likeness (QED) is 0.707. The van der Waals surface area contributed by atoms with Gasteiger partial charge in [0.15, 0.2) is 0 Å². The van der Waals surface area contributed by atoms with Crippen molar-refractivity contribution in [1.29, 1.82) is 0 Å². The molecule has 3 rings (SSSR count). The van der Waals surface area contributed by atoms with E-state index in [4.69, 9.17) is 4.52 Å². The van der Waals surface area contributed by atoms with Gasteiger partial charge in [0.25, 0.3) is 0 Å². The van der Waals surface area contributed by atoms with E-state index in [0.29, 0.717) is 31.1 Å². The van der Waals surface area contributed by atoms with Crippen molar-refractivity contribution in [2.75, 3.05) is 6.54 Å². The second kappa shape index (κ2) is 8.43. The summed E-state index contributed by atoms with van der Waals surface area (Å²) in [5, 5.41) is 6.93. The molecular weight excluding hydrogens is 326 g/mol. The van der Waals surface area contributed by atoms with Gasteiger partial charge in [0, 0.05) is 24.9 Å². The molecule has 0 spiro atoms. The molecule has 0 saturated carbocycles. The number of benzene rings is 2. The van der Waals surface area contributed by atoms with Crippen molar-refractivity contribution in [3.05, 3.63) is 71.1 Å². The largest absolute Gasteiger partial charge is 0.356 e. The van der Waals surface area contributed by atoms with E-state index in [-0.39, 0.29) is 5.91 Å². The summed E-state index contributed by atoms with van der Waals surface area (Å²) in [4.78, 5) is 16.4. The zero-order valence-corrected chi connectivity index (χ0v) is 15.2. The predicted octanol–water partition coefficient (Wildman–Crippen LogP) is 3.64. The summed E-state index contributed by atoms with van der Waals surface area (Å²) in [5.74, 6) is 1.03. The van der Waals surface area contributed by atoms with Crippen LogP contribution in [0.1, 0.15) is 29.0 Å². The normalized spacial score (nSPS) is 10.7. The SMILES string of the molecule is Cc1ccc(-c2noc(CCC(=O)NCCc3ccccc3C)n2)cc1. The minimum absolute atomic E-state index is 0.00586. The van der Waals surface area contributed by atoms with Gasteiger partial charge in [0.2, 0.25) is 17.6 Å². The molecule has 0 unspecified atom stereocenters. The van der Waals surface area contributed by atoms with Crippen LogP contribution in [0.5, 0.6) is 0 Å². The molecule has 26 heavy (non-hydrogen) atoms. The molecule has 0 saturated heterocycles. The predicted molar refractivity (Wildman–Crippen MR) is 101 cm³/mol. The molecule has 1 N–H and O–H groups in total. The number of nitrogens with one attached hydrogen (secondary N) is 1. The van der Waals surface area contributed by atoms with Crippen LogP contribution in [0.4, 0.5) is 0 Å². The van der Waals surface area contributed by atoms with Gasteiger partial charge in [-0.3, -0.25) is 4.79 Å². The molecule has 1 aromatic heterocycles. The monoisotopic (exact) mass is 349 g/mol. The molecule has 0 aliphatic carbocycles. The highest BCUT2D eigenvalue weighted by Crippen LogP contribution is 2.16. The smallest absolute Gasteiger partial charge is 0.227 e. The number of amides is 1. The first-order valence-corrected chi connectivity index (χ1v) is 8.82. The molecule has 1 heterocycles. The molecule has 3 aromatic rings. The minimum Gasteiger partial charge on any atom is -0.356 e. The van der Waals surface area contributed by atoms with Crippen LogP contribution in [0.3, 0.4) is 0 Å². The van der Waals surface area contributed by atoms with Gasteiger partial charge in [0.1, 0.15) is 0 Å². The number of rotatable bonds is 7. The molecule has 0 fully saturated rings. The van der Waals surface area contributed by atoms with E-state index in [2.05, 4.69) is 34.5 Å². The fourth-order valence-corrected chi connectivity index (χ4v) is 2.71. The lowest BCUT2D eigenvalue weighted by atomic mass is 10.1. The third-order valence-electron chi connectivity index (χ3n) is 4.32. The number of hydrogen-bond donors (Lipinski definition) is 1. The van der Waals surface area contributed by atoms with E-state index in [0.717, 1.165) is 12.0 Å². The molecule has 2 aromatic carbocycles. The molecule has 0 aliphatic heterocycles. The maximum Gasteiger partial charge on any atom is 0.227 e. The summed E-state index contributed by atoms with van der Waals surface area (Å²) in [5.41, 5.74) is 4.59. The first-order valence-electron chi connectivity index (χ1n) is 8.82. The summed E-state index contributed by atoms with van der Waals surface area (Å²) < 4.78 is 5.25. The van der Waals surface area contributed by atoms with Crippen molar-refractivity contribution in [3.8, 4) is 11.4 Å². The Morgan fingerprint density at radius 1 is 1.04 bits per heavy atom. The van der Waals surface area contributed by atoms with Crippen molar-refractivity contribution in [3.63, 3.8) is 0 Å². The van der Waals surface area contributed by atoms with E-state index in [9.17, 15) is 4.79 Å². The number of hydrogen-bond acceptors (Lipinski definition) is 4. The molecule has 5 nitrogen and oxygen atoms in total. The Morgan fingerprint density at radius 2 is 1.81 bits per heavy atom. The van der Waals surface area contributed by atoms with Gasteiger partial charge < -0.3 is 9.84 Å². The van der Waals surface area contributed by atoms with Crippen LogP contribution in [0, 0.1) is 13.8 Å². The van der Waals surface area contributed by atoms with Crippen molar-refractivity contribution < 1.29 is 9.32 Å². The summed E-state index contributed by atoms with van der Waals surface area (Å²) in [6.07, 6.45) is 1.61. The lowest BCUT2D eigenvalue weighted by Gasteiger charge is -2.06. The highest BCUT2D eigenvalue weighted by molar-refractivity contribution is 5.76. The zero-order valence-electron chi connectivity index (χ0n) is 15.2. The van der Waals surface area contributed by atoms with Gasteiger partial charge in [0.05, 0.1) is 0 Å². The Labute approximate surface area is 153 Å². The molecule has 0 radical (unpaired) electrons. The third kappa shape index (κ3) is 4.79. The zero-order chi connectivity index (χ0) is 18.4. The van der Waals surface area contributed by atoms with Gasteiger partial charge in [-0.1, -0.05) is 59.3 Å². The van der Waals surface area contributed by atoms with Crippen molar-refractivity contribution in [2.24, 2.45) is 0 Å². The number of carbonyl (C=O) groups is 1. The average molecular weight is 349 g/mol. The van der Waals surface area contributed by atoms with E-state index >= 15 is 0 Å². The number of nitrogens with zero attached hydrogens (tertiary/aromatic N) is 2. The molecular formula is C21H23N3O2. The van der Waals surface area contributed by atoms with Crippen LogP contribution in [0.25, 0.3) is 11.4 Å². The highest BCUT2D eigenvalue weighted by Gasteiger charge is 2.10. The van der Waals surface area contributed by atoms with Crippen LogP contribution < -0.4 is 5.32 Å². The lowest BCUT2D eigenvalue weighted by molar-refractivity contribution is -0.121. The van der Waals surface area contributed by atoms with Crippen LogP contribution in [-0.4, -0.2) is 22.6 Å². The Kier molecular flexibility index (Phi) is 5.79. The van der Waals surface area contributed by atoms with Gasteiger partial charge >= 0.3 is 0 Å². The van der Waals surface area contributed by atoms with Gasteiger partial charge in [-0.2, -0.15) is 4.98 Å². The fourth-order valence-electron chi connectivity index (χ4n) is 2.71. The summed E-state index contributed by atoms with van der Waals surface area (Å²) >= 11 is 0. The van der Waals surface area contributed by atoms with Crippen LogP contribution >= 0.6 is 0 Å². The van der Waals surface area contributed by atoms with Crippen molar-refractivity contribution in [2.45, 2.75) is 33.1 Å². The van der Waals surface area contributed by atoms with E-state index in [1.165, 1.54) is 16.7 Å².